The Morgan fingerprint density at radius 3 is 2.43 bits per heavy atom. The quantitative estimate of drug-likeness (QED) is 0.672. The van der Waals surface area contributed by atoms with Gasteiger partial charge in [-0.05, 0) is 30.8 Å². The molecule has 0 saturated heterocycles. The number of nitrogens with zero attached hydrogens (tertiary/aromatic N) is 2. The fourth-order valence-corrected chi connectivity index (χ4v) is 2.57. The third kappa shape index (κ3) is 2.83. The number of nitrogens with two attached hydrogens (primary N) is 1. The lowest BCUT2D eigenvalue weighted by Gasteiger charge is -2.18. The Morgan fingerprint density at radius 2 is 1.91 bits per heavy atom. The summed E-state index contributed by atoms with van der Waals surface area (Å²) in [7, 11) is 2.55. The van der Waals surface area contributed by atoms with Crippen LogP contribution in [0.3, 0.4) is 0 Å². The molecule has 1 aromatic carbocycles. The molecule has 0 unspecified atom stereocenters. The molecule has 1 heterocycles. The number of hydrogen-bond acceptors (Lipinski definition) is 4. The summed E-state index contributed by atoms with van der Waals surface area (Å²) in [5, 5.41) is 0. The molecule has 0 radical (unpaired) electrons. The fraction of sp³-hybridized carbons (Fsp3) is 0.286. The van der Waals surface area contributed by atoms with Crippen molar-refractivity contribution in [3.05, 3.63) is 44.6 Å². The average molecular weight is 345 g/mol. The lowest BCUT2D eigenvalue weighted by molar-refractivity contribution is -0.143. The summed E-state index contributed by atoms with van der Waals surface area (Å²) < 4.78 is 45.3. The van der Waals surface area contributed by atoms with Crippen molar-refractivity contribution in [2.24, 2.45) is 7.05 Å². The van der Waals surface area contributed by atoms with E-state index in [1.54, 1.807) is 13.0 Å². The molecule has 0 atom stereocenters. The van der Waals surface area contributed by atoms with Crippen LogP contribution >= 0.6 is 12.2 Å². The third-order valence-electron chi connectivity index (χ3n) is 3.43. The van der Waals surface area contributed by atoms with E-state index in [2.05, 4.69) is 0 Å². The zero-order chi connectivity index (χ0) is 17.5. The van der Waals surface area contributed by atoms with Gasteiger partial charge in [0.2, 0.25) is 0 Å². The highest BCUT2D eigenvalue weighted by molar-refractivity contribution is 7.71. The van der Waals surface area contributed by atoms with Crippen molar-refractivity contribution in [1.82, 2.24) is 9.13 Å². The Bertz CT molecular complexity index is 885. The molecule has 2 N–H and O–H groups in total. The summed E-state index contributed by atoms with van der Waals surface area (Å²) in [5.74, 6) is 0.339. The Kier molecular flexibility index (Phi) is 4.25. The number of methoxy groups -OCH3 is 1. The van der Waals surface area contributed by atoms with Gasteiger partial charge in [0, 0.05) is 13.1 Å². The Labute approximate surface area is 134 Å². The average Bonchev–Trinajstić information content (AvgIpc) is 2.44. The summed E-state index contributed by atoms with van der Waals surface area (Å²) >= 11 is 5.02. The molecule has 2 rings (SSSR count). The van der Waals surface area contributed by atoms with Crippen LogP contribution in [0.2, 0.25) is 0 Å². The minimum atomic E-state index is -4.68. The first kappa shape index (κ1) is 17.1. The van der Waals surface area contributed by atoms with Crippen LogP contribution in [0.15, 0.2) is 23.0 Å². The number of ether oxygens (including phenoxy) is 1. The molecule has 1 aromatic heterocycles. The summed E-state index contributed by atoms with van der Waals surface area (Å²) in [6.07, 6.45) is -4.68. The lowest BCUT2D eigenvalue weighted by Crippen LogP contribution is -2.28. The lowest BCUT2D eigenvalue weighted by atomic mass is 10.1. The number of alkyl halides is 3. The second kappa shape index (κ2) is 5.73. The van der Waals surface area contributed by atoms with Crippen molar-refractivity contribution in [3.63, 3.8) is 0 Å². The van der Waals surface area contributed by atoms with Crippen molar-refractivity contribution in [2.75, 3.05) is 12.8 Å². The molecule has 0 bridgehead atoms. The first-order valence-electron chi connectivity index (χ1n) is 6.43. The second-order valence-corrected chi connectivity index (χ2v) is 5.26. The van der Waals surface area contributed by atoms with Gasteiger partial charge in [-0.1, -0.05) is 6.07 Å². The van der Waals surface area contributed by atoms with E-state index in [9.17, 15) is 18.0 Å². The van der Waals surface area contributed by atoms with Crippen molar-refractivity contribution >= 4 is 17.9 Å². The highest BCUT2D eigenvalue weighted by Gasteiger charge is 2.34. The van der Waals surface area contributed by atoms with E-state index in [4.69, 9.17) is 22.7 Å². The van der Waals surface area contributed by atoms with Gasteiger partial charge < -0.3 is 15.0 Å². The normalized spacial score (nSPS) is 11.6. The number of halogens is 3. The van der Waals surface area contributed by atoms with Gasteiger partial charge in [-0.15, -0.1) is 0 Å². The molecule has 0 fully saturated rings. The van der Waals surface area contributed by atoms with Gasteiger partial charge in [-0.25, -0.2) is 0 Å². The van der Waals surface area contributed by atoms with E-state index < -0.39 is 17.4 Å². The molecule has 5 nitrogen and oxygen atoms in total. The number of nitrogen functional groups attached to an aromatic ring is 1. The van der Waals surface area contributed by atoms with E-state index in [1.165, 1.54) is 13.2 Å². The van der Waals surface area contributed by atoms with Crippen LogP contribution in [0.5, 0.6) is 5.75 Å². The maximum atomic E-state index is 12.9. The second-order valence-electron chi connectivity index (χ2n) is 4.89. The predicted molar refractivity (Wildman–Crippen MR) is 82.5 cm³/mol. The zero-order valence-electron chi connectivity index (χ0n) is 12.6. The van der Waals surface area contributed by atoms with Crippen LogP contribution in [0.1, 0.15) is 11.3 Å². The first-order valence-corrected chi connectivity index (χ1v) is 6.84. The van der Waals surface area contributed by atoms with Crippen molar-refractivity contribution in [1.29, 1.82) is 0 Å². The third-order valence-corrected chi connectivity index (χ3v) is 3.88. The van der Waals surface area contributed by atoms with E-state index >= 15 is 0 Å². The molecule has 0 spiro atoms. The molecule has 23 heavy (non-hydrogen) atoms. The van der Waals surface area contributed by atoms with Gasteiger partial charge in [0.1, 0.15) is 11.4 Å². The molecule has 0 amide bonds. The standard InChI is InChI=1S/C14H14F3N3O2S/c1-7-4-5-8(11(18)12(7)22-3)20-10(21)6-9(14(15,16)17)19(2)13(20)23/h4-6H,18H2,1-3H3. The van der Waals surface area contributed by atoms with Crippen LogP contribution < -0.4 is 16.0 Å². The van der Waals surface area contributed by atoms with Crippen LogP contribution in [0.25, 0.3) is 5.69 Å². The number of aryl methyl sites for hydroxylation is 1. The topological polar surface area (TPSA) is 62.2 Å². The molecule has 0 aliphatic rings. The van der Waals surface area contributed by atoms with Gasteiger partial charge in [-0.3, -0.25) is 9.36 Å². The largest absolute Gasteiger partial charge is 0.494 e. The monoisotopic (exact) mass is 345 g/mol. The van der Waals surface area contributed by atoms with Gasteiger partial charge in [0.05, 0.1) is 18.5 Å². The van der Waals surface area contributed by atoms with Gasteiger partial charge in [-0.2, -0.15) is 13.2 Å². The van der Waals surface area contributed by atoms with Crippen LogP contribution in [-0.2, 0) is 13.2 Å². The van der Waals surface area contributed by atoms with Gasteiger partial charge in [0.15, 0.2) is 4.77 Å². The van der Waals surface area contributed by atoms with E-state index in [0.29, 0.717) is 11.8 Å². The van der Waals surface area contributed by atoms with E-state index in [0.717, 1.165) is 21.7 Å². The Morgan fingerprint density at radius 1 is 1.30 bits per heavy atom. The van der Waals surface area contributed by atoms with Crippen LogP contribution in [0, 0.1) is 11.7 Å². The Hall–Kier alpha value is -2.29. The van der Waals surface area contributed by atoms with Gasteiger partial charge in [0.25, 0.3) is 5.56 Å². The Balaban J connectivity index is 2.85. The molecule has 0 saturated carbocycles. The maximum absolute atomic E-state index is 12.9. The maximum Gasteiger partial charge on any atom is 0.431 e. The summed E-state index contributed by atoms with van der Waals surface area (Å²) in [4.78, 5) is 12.2. The van der Waals surface area contributed by atoms with E-state index in [-0.39, 0.29) is 16.1 Å². The van der Waals surface area contributed by atoms with Gasteiger partial charge >= 0.3 is 6.18 Å². The van der Waals surface area contributed by atoms with Crippen molar-refractivity contribution in [2.45, 2.75) is 13.1 Å². The number of rotatable bonds is 2. The fourth-order valence-electron chi connectivity index (χ4n) is 2.28. The minimum absolute atomic E-state index is 0.125. The number of hydrogen-bond donors (Lipinski definition) is 1. The highest BCUT2D eigenvalue weighted by atomic mass is 32.1. The molecule has 0 aliphatic carbocycles. The smallest absolute Gasteiger partial charge is 0.431 e. The number of anilines is 1. The van der Waals surface area contributed by atoms with E-state index in [1.807, 2.05) is 0 Å². The molecule has 124 valence electrons. The van der Waals surface area contributed by atoms with Crippen LogP contribution in [0.4, 0.5) is 18.9 Å². The molecule has 2 aromatic rings. The first-order chi connectivity index (χ1) is 10.6. The minimum Gasteiger partial charge on any atom is -0.494 e. The summed E-state index contributed by atoms with van der Waals surface area (Å²) in [6.45, 7) is 1.75. The molecular formula is C14H14F3N3O2S. The van der Waals surface area contributed by atoms with Crippen LogP contribution in [-0.4, -0.2) is 16.2 Å². The summed E-state index contributed by atoms with van der Waals surface area (Å²) in [6, 6.07) is 3.64. The van der Waals surface area contributed by atoms with Crippen molar-refractivity contribution in [3.8, 4) is 11.4 Å². The number of benzene rings is 1. The molecule has 9 heteroatoms. The predicted octanol–water partition coefficient (Wildman–Crippen LogP) is 2.82. The highest BCUT2D eigenvalue weighted by Crippen LogP contribution is 2.32. The molecular weight excluding hydrogens is 331 g/mol. The summed E-state index contributed by atoms with van der Waals surface area (Å²) in [5.41, 5.74) is 4.96. The SMILES string of the molecule is COc1c(C)ccc(-n2c(=O)cc(C(F)(F)F)n(C)c2=S)c1N. The van der Waals surface area contributed by atoms with Crippen molar-refractivity contribution < 1.29 is 17.9 Å². The number of aromatic nitrogens is 2. The molecule has 0 aliphatic heterocycles. The zero-order valence-corrected chi connectivity index (χ0v) is 13.4.